The van der Waals surface area contributed by atoms with Gasteiger partial charge >= 0.3 is 0 Å². The Labute approximate surface area is 167 Å². The van der Waals surface area contributed by atoms with Crippen molar-refractivity contribution in [3.8, 4) is 0 Å². The molecular formula is C18H17ClN6O2S. The molecule has 0 spiro atoms. The molecule has 1 aromatic carbocycles. The normalized spacial score (nSPS) is 14.9. The number of hydrogen-bond donors (Lipinski definition) is 0. The van der Waals surface area contributed by atoms with Crippen LogP contribution in [0.25, 0.3) is 0 Å². The molecule has 144 valence electrons. The number of piperazine rings is 1. The number of anilines is 2. The van der Waals surface area contributed by atoms with Gasteiger partial charge < -0.3 is 9.80 Å². The van der Waals surface area contributed by atoms with Crippen LogP contribution >= 0.6 is 11.6 Å². The number of hydrogen-bond acceptors (Lipinski definition) is 8. The van der Waals surface area contributed by atoms with Gasteiger partial charge in [0.15, 0.2) is 10.8 Å². The molecule has 0 radical (unpaired) electrons. The summed E-state index contributed by atoms with van der Waals surface area (Å²) < 4.78 is 25.3. The van der Waals surface area contributed by atoms with E-state index in [2.05, 4.69) is 30.0 Å². The van der Waals surface area contributed by atoms with Crippen molar-refractivity contribution in [3.63, 3.8) is 0 Å². The third-order valence-corrected chi connectivity index (χ3v) is 6.38. The van der Waals surface area contributed by atoms with Crippen molar-refractivity contribution >= 4 is 33.2 Å². The largest absolute Gasteiger partial charge is 0.352 e. The Hall–Kier alpha value is -2.78. The van der Waals surface area contributed by atoms with Gasteiger partial charge in [0.2, 0.25) is 15.8 Å². The topological polar surface area (TPSA) is 92.2 Å². The van der Waals surface area contributed by atoms with Gasteiger partial charge in [0.25, 0.3) is 0 Å². The lowest BCUT2D eigenvalue weighted by Crippen LogP contribution is -2.47. The minimum atomic E-state index is -3.72. The summed E-state index contributed by atoms with van der Waals surface area (Å²) in [4.78, 5) is 12.8. The van der Waals surface area contributed by atoms with Gasteiger partial charge in [0.05, 0.1) is 4.90 Å². The molecule has 0 N–H and O–H groups in total. The quantitative estimate of drug-likeness (QED) is 0.638. The molecule has 1 fully saturated rings. The first-order valence-electron chi connectivity index (χ1n) is 8.65. The summed E-state index contributed by atoms with van der Waals surface area (Å²) in [5.41, 5.74) is 0. The third kappa shape index (κ3) is 3.76. The van der Waals surface area contributed by atoms with Crippen LogP contribution in [-0.2, 0) is 9.84 Å². The second-order valence-electron chi connectivity index (χ2n) is 6.21. The molecule has 0 bridgehead atoms. The molecule has 3 aromatic rings. The van der Waals surface area contributed by atoms with Crippen molar-refractivity contribution in [1.29, 1.82) is 0 Å². The fourth-order valence-electron chi connectivity index (χ4n) is 2.95. The maximum atomic E-state index is 12.7. The fourth-order valence-corrected chi connectivity index (χ4v) is 4.21. The third-order valence-electron chi connectivity index (χ3n) is 4.46. The molecule has 0 atom stereocenters. The smallest absolute Gasteiger partial charge is 0.225 e. The zero-order valence-corrected chi connectivity index (χ0v) is 16.4. The highest BCUT2D eigenvalue weighted by Crippen LogP contribution is 2.22. The standard InChI is InChI=1S/C18H17ClN6O2S/c19-14-2-4-15(5-3-14)28(26,27)17-7-6-16(22-23-17)24-10-12-25(13-11-24)18-20-8-1-9-21-18/h1-9H,10-13H2. The number of benzene rings is 1. The summed E-state index contributed by atoms with van der Waals surface area (Å²) in [5.74, 6) is 1.35. The monoisotopic (exact) mass is 416 g/mol. The molecule has 1 aliphatic rings. The van der Waals surface area contributed by atoms with E-state index in [-0.39, 0.29) is 9.92 Å². The van der Waals surface area contributed by atoms with Crippen LogP contribution in [0.2, 0.25) is 5.02 Å². The van der Waals surface area contributed by atoms with Crippen molar-refractivity contribution in [2.75, 3.05) is 36.0 Å². The molecule has 0 saturated carbocycles. The van der Waals surface area contributed by atoms with E-state index < -0.39 is 9.84 Å². The van der Waals surface area contributed by atoms with E-state index in [0.29, 0.717) is 16.8 Å². The summed E-state index contributed by atoms with van der Waals surface area (Å²) >= 11 is 5.82. The lowest BCUT2D eigenvalue weighted by atomic mass is 10.3. The predicted octanol–water partition coefficient (Wildman–Crippen LogP) is 2.08. The van der Waals surface area contributed by atoms with Gasteiger partial charge in [0, 0.05) is 43.6 Å². The summed E-state index contributed by atoms with van der Waals surface area (Å²) in [7, 11) is -3.72. The summed E-state index contributed by atoms with van der Waals surface area (Å²) in [5, 5.41) is 8.47. The SMILES string of the molecule is O=S(=O)(c1ccc(Cl)cc1)c1ccc(N2CCN(c3ncccn3)CC2)nn1. The summed E-state index contributed by atoms with van der Waals surface area (Å²) in [6, 6.07) is 10.9. The number of nitrogens with zero attached hydrogens (tertiary/aromatic N) is 6. The lowest BCUT2D eigenvalue weighted by Gasteiger charge is -2.35. The van der Waals surface area contributed by atoms with Crippen molar-refractivity contribution in [2.45, 2.75) is 9.92 Å². The molecule has 10 heteroatoms. The Kier molecular flexibility index (Phi) is 5.10. The van der Waals surface area contributed by atoms with Crippen molar-refractivity contribution in [3.05, 3.63) is 59.9 Å². The van der Waals surface area contributed by atoms with Gasteiger partial charge in [-0.15, -0.1) is 10.2 Å². The number of halogens is 1. The van der Waals surface area contributed by atoms with Crippen LogP contribution in [0.15, 0.2) is 64.8 Å². The predicted molar refractivity (Wildman–Crippen MR) is 105 cm³/mol. The first-order chi connectivity index (χ1) is 13.5. The van der Waals surface area contributed by atoms with Crippen LogP contribution in [-0.4, -0.2) is 54.8 Å². The fraction of sp³-hybridized carbons (Fsp3) is 0.222. The highest BCUT2D eigenvalue weighted by atomic mass is 35.5. The van der Waals surface area contributed by atoms with Crippen LogP contribution in [0.3, 0.4) is 0 Å². The van der Waals surface area contributed by atoms with E-state index in [0.717, 1.165) is 26.2 Å². The van der Waals surface area contributed by atoms with Crippen molar-refractivity contribution < 1.29 is 8.42 Å². The van der Waals surface area contributed by atoms with E-state index >= 15 is 0 Å². The highest BCUT2D eigenvalue weighted by Gasteiger charge is 2.23. The average Bonchev–Trinajstić information content (AvgIpc) is 2.75. The molecule has 3 heterocycles. The minimum Gasteiger partial charge on any atom is -0.352 e. The van der Waals surface area contributed by atoms with E-state index in [9.17, 15) is 8.42 Å². The average molecular weight is 417 g/mol. The van der Waals surface area contributed by atoms with E-state index in [1.165, 1.54) is 30.3 Å². The maximum Gasteiger partial charge on any atom is 0.225 e. The summed E-state index contributed by atoms with van der Waals surface area (Å²) in [6.07, 6.45) is 3.44. The summed E-state index contributed by atoms with van der Waals surface area (Å²) in [6.45, 7) is 2.93. The number of rotatable bonds is 4. The van der Waals surface area contributed by atoms with E-state index in [1.807, 2.05) is 0 Å². The van der Waals surface area contributed by atoms with Gasteiger partial charge in [-0.1, -0.05) is 11.6 Å². The molecule has 1 saturated heterocycles. The molecular weight excluding hydrogens is 400 g/mol. The van der Waals surface area contributed by atoms with Gasteiger partial charge in [-0.25, -0.2) is 18.4 Å². The molecule has 0 amide bonds. The molecule has 8 nitrogen and oxygen atoms in total. The van der Waals surface area contributed by atoms with Crippen LogP contribution in [0, 0.1) is 0 Å². The Morgan fingerprint density at radius 3 is 2.07 bits per heavy atom. The molecule has 2 aromatic heterocycles. The second kappa shape index (κ2) is 7.69. The molecule has 0 unspecified atom stereocenters. The van der Waals surface area contributed by atoms with Gasteiger partial charge in [-0.2, -0.15) is 0 Å². The Morgan fingerprint density at radius 1 is 0.821 bits per heavy atom. The van der Waals surface area contributed by atoms with E-state index in [1.54, 1.807) is 24.5 Å². The Balaban J connectivity index is 1.46. The van der Waals surface area contributed by atoms with Crippen molar-refractivity contribution in [2.24, 2.45) is 0 Å². The minimum absolute atomic E-state index is 0.0881. The number of sulfone groups is 1. The Bertz CT molecular complexity index is 1040. The number of aromatic nitrogens is 4. The van der Waals surface area contributed by atoms with Crippen molar-refractivity contribution in [1.82, 2.24) is 20.2 Å². The first-order valence-corrected chi connectivity index (χ1v) is 10.5. The first kappa shape index (κ1) is 18.6. The zero-order valence-electron chi connectivity index (χ0n) is 14.8. The van der Waals surface area contributed by atoms with Gasteiger partial charge in [-0.05, 0) is 42.5 Å². The van der Waals surface area contributed by atoms with Crippen LogP contribution in [0.4, 0.5) is 11.8 Å². The molecule has 28 heavy (non-hydrogen) atoms. The maximum absolute atomic E-state index is 12.7. The molecule has 4 rings (SSSR count). The highest BCUT2D eigenvalue weighted by molar-refractivity contribution is 7.91. The van der Waals surface area contributed by atoms with Gasteiger partial charge in [-0.3, -0.25) is 0 Å². The lowest BCUT2D eigenvalue weighted by molar-refractivity contribution is 0.588. The van der Waals surface area contributed by atoms with Gasteiger partial charge in [0.1, 0.15) is 0 Å². The van der Waals surface area contributed by atoms with E-state index in [4.69, 9.17) is 11.6 Å². The van der Waals surface area contributed by atoms with Crippen LogP contribution in [0.5, 0.6) is 0 Å². The van der Waals surface area contributed by atoms with Crippen LogP contribution < -0.4 is 9.80 Å². The molecule has 0 aliphatic carbocycles. The van der Waals surface area contributed by atoms with Crippen LogP contribution in [0.1, 0.15) is 0 Å². The second-order valence-corrected chi connectivity index (χ2v) is 8.54. The molecule has 1 aliphatic heterocycles. The Morgan fingerprint density at radius 2 is 1.46 bits per heavy atom. The zero-order chi connectivity index (χ0) is 19.6.